The molecule has 3 saturated heterocycles. The molecule has 25 heavy (non-hydrogen) atoms. The fourth-order valence-electron chi connectivity index (χ4n) is 3.05. The Balaban J connectivity index is 1.78. The third-order valence-corrected chi connectivity index (χ3v) is 4.94. The second kappa shape index (κ2) is 5.75. The minimum absolute atomic E-state index is 0.669. The Hall–Kier alpha value is -0.500. The number of hydrogen-bond donors (Lipinski definition) is 0. The molecule has 3 rings (SSSR count). The zero-order chi connectivity index (χ0) is 18.8. The molecule has 146 valence electrons. The van der Waals surface area contributed by atoms with Crippen LogP contribution in [0.3, 0.4) is 0 Å². The van der Waals surface area contributed by atoms with E-state index in [4.69, 9.17) is 23.7 Å². The van der Waals surface area contributed by atoms with E-state index in [1.54, 1.807) is 27.7 Å². The average Bonchev–Trinajstić information content (AvgIpc) is 2.89. The first-order valence-corrected chi connectivity index (χ1v) is 8.94. The van der Waals surface area contributed by atoms with E-state index in [0.717, 1.165) is 0 Å². The summed E-state index contributed by atoms with van der Waals surface area (Å²) in [5.74, 6) is -2.05. The molecule has 5 unspecified atom stereocenters. The summed E-state index contributed by atoms with van der Waals surface area (Å²) >= 11 is 0. The van der Waals surface area contributed by atoms with Gasteiger partial charge in [0, 0.05) is 0 Å². The molecule has 0 spiro atoms. The number of ether oxygens (including phenoxy) is 5. The minimum atomic E-state index is -5.75. The Morgan fingerprint density at radius 3 is 2.04 bits per heavy atom. The summed E-state index contributed by atoms with van der Waals surface area (Å²) in [6, 6.07) is 0. The fourth-order valence-corrected chi connectivity index (χ4v) is 3.50. The number of alkyl halides is 3. The van der Waals surface area contributed by atoms with Crippen molar-refractivity contribution in [1.29, 1.82) is 0 Å². The molecule has 8 nitrogen and oxygen atoms in total. The van der Waals surface area contributed by atoms with Crippen molar-refractivity contribution < 1.29 is 49.5 Å². The lowest BCUT2D eigenvalue weighted by atomic mass is 9.99. The monoisotopic (exact) mass is 392 g/mol. The highest BCUT2D eigenvalue weighted by Gasteiger charge is 2.61. The van der Waals surface area contributed by atoms with Crippen LogP contribution in [0.4, 0.5) is 13.2 Å². The van der Waals surface area contributed by atoms with E-state index in [2.05, 4.69) is 4.18 Å². The molecule has 0 aromatic heterocycles. The summed E-state index contributed by atoms with van der Waals surface area (Å²) in [5, 5.41) is 0. The normalized spacial score (nSPS) is 39.9. The van der Waals surface area contributed by atoms with E-state index >= 15 is 0 Å². The molecule has 0 saturated carbocycles. The van der Waals surface area contributed by atoms with Gasteiger partial charge in [-0.05, 0) is 27.7 Å². The summed E-state index contributed by atoms with van der Waals surface area (Å²) in [4.78, 5) is 0. The Morgan fingerprint density at radius 1 is 0.920 bits per heavy atom. The van der Waals surface area contributed by atoms with Gasteiger partial charge < -0.3 is 23.7 Å². The molecule has 0 aliphatic carbocycles. The fraction of sp³-hybridized carbons (Fsp3) is 1.00. The number of hydrogen-bond acceptors (Lipinski definition) is 8. The van der Waals surface area contributed by atoms with Crippen molar-refractivity contribution >= 4 is 10.1 Å². The maximum absolute atomic E-state index is 12.4. The highest BCUT2D eigenvalue weighted by Crippen LogP contribution is 2.44. The maximum atomic E-state index is 12.4. The molecule has 0 radical (unpaired) electrons. The Bertz CT molecular complexity index is 632. The van der Waals surface area contributed by atoms with E-state index in [-0.39, 0.29) is 0 Å². The average molecular weight is 392 g/mol. The van der Waals surface area contributed by atoms with Gasteiger partial charge in [0.05, 0.1) is 6.61 Å². The largest absolute Gasteiger partial charge is 0.523 e. The van der Waals surface area contributed by atoms with Gasteiger partial charge in [0.15, 0.2) is 17.9 Å². The van der Waals surface area contributed by atoms with Gasteiger partial charge >= 0.3 is 15.6 Å². The van der Waals surface area contributed by atoms with Gasteiger partial charge in [-0.15, -0.1) is 0 Å². The predicted molar refractivity (Wildman–Crippen MR) is 73.4 cm³/mol. The molecule has 0 aromatic carbocycles. The Labute approximate surface area is 142 Å². The Kier molecular flexibility index (Phi) is 4.43. The third kappa shape index (κ3) is 3.66. The van der Waals surface area contributed by atoms with Crippen molar-refractivity contribution in [2.45, 2.75) is 75.5 Å². The van der Waals surface area contributed by atoms with Crippen LogP contribution in [0.2, 0.25) is 0 Å². The van der Waals surface area contributed by atoms with Crippen molar-refractivity contribution in [1.82, 2.24) is 0 Å². The molecule has 12 heteroatoms. The molecular weight excluding hydrogens is 373 g/mol. The first-order chi connectivity index (χ1) is 11.2. The molecule has 0 bridgehead atoms. The van der Waals surface area contributed by atoms with Gasteiger partial charge in [0.25, 0.3) is 0 Å². The first-order valence-electron chi connectivity index (χ1n) is 7.53. The molecule has 3 aliphatic rings. The van der Waals surface area contributed by atoms with E-state index in [1.807, 2.05) is 0 Å². The van der Waals surface area contributed by atoms with Crippen LogP contribution in [0.25, 0.3) is 0 Å². The highest BCUT2D eigenvalue weighted by atomic mass is 32.2. The molecule has 3 fully saturated rings. The number of halogens is 3. The zero-order valence-electron chi connectivity index (χ0n) is 13.9. The van der Waals surface area contributed by atoms with Gasteiger partial charge in [-0.2, -0.15) is 21.6 Å². The highest BCUT2D eigenvalue weighted by molar-refractivity contribution is 7.87. The molecule has 0 amide bonds. The first kappa shape index (κ1) is 19.3. The van der Waals surface area contributed by atoms with Gasteiger partial charge in [-0.25, -0.2) is 0 Å². The van der Waals surface area contributed by atoms with E-state index in [1.165, 1.54) is 0 Å². The smallest absolute Gasteiger partial charge is 0.342 e. The molecule has 5 atom stereocenters. The van der Waals surface area contributed by atoms with Crippen LogP contribution in [0, 0.1) is 0 Å². The van der Waals surface area contributed by atoms with Crippen LogP contribution in [0.1, 0.15) is 27.7 Å². The lowest BCUT2D eigenvalue weighted by Crippen LogP contribution is -2.56. The summed E-state index contributed by atoms with van der Waals surface area (Å²) in [6.07, 6.45) is -4.36. The number of fused-ring (bicyclic) bond motifs is 3. The van der Waals surface area contributed by atoms with Crippen molar-refractivity contribution in [2.24, 2.45) is 0 Å². The Morgan fingerprint density at radius 2 is 1.44 bits per heavy atom. The summed E-state index contributed by atoms with van der Waals surface area (Å²) < 4.78 is 91.9. The van der Waals surface area contributed by atoms with Crippen molar-refractivity contribution in [3.8, 4) is 0 Å². The SMILES string of the molecule is CC1(C)OC2OC(COS(=O)(=O)C(F)(F)F)C3OC(C)(C)OC3C2O1. The van der Waals surface area contributed by atoms with Gasteiger partial charge in [0.1, 0.15) is 24.4 Å². The lowest BCUT2D eigenvalue weighted by Gasteiger charge is -2.36. The van der Waals surface area contributed by atoms with E-state index < -0.39 is 64.5 Å². The van der Waals surface area contributed by atoms with Crippen LogP contribution in [-0.4, -0.2) is 62.8 Å². The summed E-state index contributed by atoms with van der Waals surface area (Å²) in [7, 11) is -5.75. The van der Waals surface area contributed by atoms with Crippen LogP contribution in [0.5, 0.6) is 0 Å². The zero-order valence-corrected chi connectivity index (χ0v) is 14.7. The summed E-state index contributed by atoms with van der Waals surface area (Å²) in [5.41, 5.74) is -5.52. The quantitative estimate of drug-likeness (QED) is 0.524. The van der Waals surface area contributed by atoms with Gasteiger partial charge in [-0.3, -0.25) is 4.18 Å². The van der Waals surface area contributed by atoms with Gasteiger partial charge in [0.2, 0.25) is 0 Å². The van der Waals surface area contributed by atoms with E-state index in [0.29, 0.717) is 0 Å². The second-order valence-electron chi connectivity index (χ2n) is 6.89. The van der Waals surface area contributed by atoms with Crippen molar-refractivity contribution in [3.05, 3.63) is 0 Å². The molecule has 0 N–H and O–H groups in total. The topological polar surface area (TPSA) is 89.5 Å². The van der Waals surface area contributed by atoms with Gasteiger partial charge in [-0.1, -0.05) is 0 Å². The molecular formula is C13H19F3O8S. The van der Waals surface area contributed by atoms with E-state index in [9.17, 15) is 21.6 Å². The third-order valence-electron chi connectivity index (χ3n) is 3.92. The molecule has 3 aliphatic heterocycles. The van der Waals surface area contributed by atoms with Crippen molar-refractivity contribution in [3.63, 3.8) is 0 Å². The van der Waals surface area contributed by atoms with Crippen LogP contribution >= 0.6 is 0 Å². The maximum Gasteiger partial charge on any atom is 0.523 e. The van der Waals surface area contributed by atoms with Crippen LogP contribution in [0.15, 0.2) is 0 Å². The van der Waals surface area contributed by atoms with Crippen molar-refractivity contribution in [2.75, 3.05) is 6.61 Å². The summed E-state index contributed by atoms with van der Waals surface area (Å²) in [6.45, 7) is 5.63. The lowest BCUT2D eigenvalue weighted by molar-refractivity contribution is -0.238. The molecule has 3 heterocycles. The van der Waals surface area contributed by atoms with Crippen LogP contribution in [-0.2, 0) is 38.0 Å². The second-order valence-corrected chi connectivity index (χ2v) is 8.50. The minimum Gasteiger partial charge on any atom is -0.342 e. The van der Waals surface area contributed by atoms with Crippen LogP contribution < -0.4 is 0 Å². The standard InChI is InChI=1S/C13H19F3O8S/c1-11(2)21-7-6(5-19-25(17,18)13(14,15)16)20-10-9(8(7)22-11)23-12(3,4)24-10/h6-10H,5H2,1-4H3. The predicted octanol–water partition coefficient (Wildman–Crippen LogP) is 1.25. The number of rotatable bonds is 3. The molecule has 0 aromatic rings.